The molecule has 0 saturated heterocycles. The van der Waals surface area contributed by atoms with Crippen LogP contribution in [0.1, 0.15) is 57.0 Å². The molecule has 0 N–H and O–H groups in total. The molecule has 0 aliphatic heterocycles. The van der Waals surface area contributed by atoms with Crippen molar-refractivity contribution in [2.24, 2.45) is 5.41 Å². The van der Waals surface area contributed by atoms with Gasteiger partial charge in [0.2, 0.25) is 0 Å². The van der Waals surface area contributed by atoms with Crippen molar-refractivity contribution in [2.45, 2.75) is 46.5 Å². The molecule has 1 heteroatoms. The van der Waals surface area contributed by atoms with Crippen LogP contribution in [0.2, 0.25) is 0 Å². The topological polar surface area (TPSA) is 17.1 Å². The Kier molecular flexibility index (Phi) is 3.57. The van der Waals surface area contributed by atoms with Gasteiger partial charge in [-0.15, -0.1) is 0 Å². The van der Waals surface area contributed by atoms with Crippen molar-refractivity contribution in [3.63, 3.8) is 0 Å². The molecule has 0 heterocycles. The van der Waals surface area contributed by atoms with Gasteiger partial charge in [0.25, 0.3) is 0 Å². The predicted octanol–water partition coefficient (Wildman–Crippen LogP) is 4.21. The molecule has 16 heavy (non-hydrogen) atoms. The van der Waals surface area contributed by atoms with Crippen molar-refractivity contribution in [1.82, 2.24) is 0 Å². The third kappa shape index (κ3) is 3.48. The minimum absolute atomic E-state index is 0.108. The number of rotatable bonds is 3. The summed E-state index contributed by atoms with van der Waals surface area (Å²) in [7, 11) is 0. The van der Waals surface area contributed by atoms with Crippen molar-refractivity contribution in [3.05, 3.63) is 35.4 Å². The Bertz CT molecular complexity index is 369. The van der Waals surface area contributed by atoms with Gasteiger partial charge in [-0.3, -0.25) is 4.79 Å². The summed E-state index contributed by atoms with van der Waals surface area (Å²) in [6.45, 7) is 11.2. The van der Waals surface area contributed by atoms with Crippen LogP contribution in [0.4, 0.5) is 0 Å². The van der Waals surface area contributed by atoms with Gasteiger partial charge in [0, 0.05) is 5.56 Å². The first-order valence-electron chi connectivity index (χ1n) is 5.80. The first kappa shape index (κ1) is 13.0. The summed E-state index contributed by atoms with van der Waals surface area (Å²) < 4.78 is 0. The fourth-order valence-electron chi connectivity index (χ4n) is 2.46. The van der Waals surface area contributed by atoms with Crippen molar-refractivity contribution in [1.29, 1.82) is 0 Å². The molecule has 1 rings (SSSR count). The molecule has 0 amide bonds. The van der Waals surface area contributed by atoms with Crippen LogP contribution < -0.4 is 0 Å². The third-order valence-electron chi connectivity index (χ3n) is 2.78. The lowest BCUT2D eigenvalue weighted by molar-refractivity contribution is 0.112. The number of carbonyl (C=O) groups is 1. The smallest absolute Gasteiger partial charge is 0.150 e. The van der Waals surface area contributed by atoms with E-state index in [1.165, 1.54) is 5.56 Å². The normalized spacial score (nSPS) is 12.6. The second kappa shape index (κ2) is 4.40. The Hall–Kier alpha value is -1.11. The van der Waals surface area contributed by atoms with Crippen LogP contribution in [0, 0.1) is 5.41 Å². The maximum absolute atomic E-state index is 10.8. The molecule has 1 aromatic rings. The van der Waals surface area contributed by atoms with Gasteiger partial charge in [0.05, 0.1) is 0 Å². The van der Waals surface area contributed by atoms with Crippen LogP contribution in [-0.4, -0.2) is 6.29 Å². The summed E-state index contributed by atoms with van der Waals surface area (Å²) in [5.74, 6) is 0. The van der Waals surface area contributed by atoms with Gasteiger partial charge in [0.15, 0.2) is 0 Å². The van der Waals surface area contributed by atoms with Crippen molar-refractivity contribution < 1.29 is 4.79 Å². The number of hydrogen-bond donors (Lipinski definition) is 0. The standard InChI is InChI=1S/C15H22O/c1-14(2,3)11-15(4,5)13-8-6-7-12(9-13)10-16/h6-10H,11H2,1-5H3. The van der Waals surface area contributed by atoms with E-state index in [0.717, 1.165) is 18.3 Å². The molecular weight excluding hydrogens is 196 g/mol. The van der Waals surface area contributed by atoms with Gasteiger partial charge in [0.1, 0.15) is 6.29 Å². The van der Waals surface area contributed by atoms with Crippen LogP contribution in [0.25, 0.3) is 0 Å². The van der Waals surface area contributed by atoms with Crippen molar-refractivity contribution in [2.75, 3.05) is 0 Å². The van der Waals surface area contributed by atoms with Crippen LogP contribution in [0.15, 0.2) is 24.3 Å². The Balaban J connectivity index is 3.01. The predicted molar refractivity (Wildman–Crippen MR) is 68.9 cm³/mol. The lowest BCUT2D eigenvalue weighted by atomic mass is 9.72. The van der Waals surface area contributed by atoms with Gasteiger partial charge in [-0.2, -0.15) is 0 Å². The monoisotopic (exact) mass is 218 g/mol. The first-order chi connectivity index (χ1) is 7.24. The third-order valence-corrected chi connectivity index (χ3v) is 2.78. The van der Waals surface area contributed by atoms with Crippen LogP contribution in [0.3, 0.4) is 0 Å². The largest absolute Gasteiger partial charge is 0.298 e. The summed E-state index contributed by atoms with van der Waals surface area (Å²) in [6.07, 6.45) is 2.01. The lowest BCUT2D eigenvalue weighted by Gasteiger charge is -2.33. The minimum Gasteiger partial charge on any atom is -0.298 e. The number of carbonyl (C=O) groups excluding carboxylic acids is 1. The second-order valence-corrected chi connectivity index (χ2v) is 6.36. The molecule has 0 aromatic heterocycles. The quantitative estimate of drug-likeness (QED) is 0.694. The molecule has 0 bridgehead atoms. The molecule has 0 saturated carbocycles. The number of aldehydes is 1. The van der Waals surface area contributed by atoms with Crippen LogP contribution in [0.5, 0.6) is 0 Å². The zero-order valence-corrected chi connectivity index (χ0v) is 11.0. The van der Waals surface area contributed by atoms with Gasteiger partial charge in [-0.25, -0.2) is 0 Å². The highest BCUT2D eigenvalue weighted by atomic mass is 16.1. The highest BCUT2D eigenvalue weighted by molar-refractivity contribution is 5.75. The van der Waals surface area contributed by atoms with E-state index in [0.29, 0.717) is 5.41 Å². The molecule has 88 valence electrons. The molecule has 0 fully saturated rings. The van der Waals surface area contributed by atoms with E-state index in [1.54, 1.807) is 0 Å². The lowest BCUT2D eigenvalue weighted by Crippen LogP contribution is -2.24. The molecular formula is C15H22O. The van der Waals surface area contributed by atoms with Gasteiger partial charge >= 0.3 is 0 Å². The van der Waals surface area contributed by atoms with E-state index in [4.69, 9.17) is 0 Å². The molecule has 1 nitrogen and oxygen atoms in total. The van der Waals surface area contributed by atoms with Gasteiger partial charge < -0.3 is 0 Å². The fourth-order valence-corrected chi connectivity index (χ4v) is 2.46. The first-order valence-corrected chi connectivity index (χ1v) is 5.80. The van der Waals surface area contributed by atoms with Crippen molar-refractivity contribution >= 4 is 6.29 Å². The maximum atomic E-state index is 10.8. The molecule has 0 radical (unpaired) electrons. The fraction of sp³-hybridized carbons (Fsp3) is 0.533. The van der Waals surface area contributed by atoms with E-state index in [2.05, 4.69) is 40.7 Å². The second-order valence-electron chi connectivity index (χ2n) is 6.36. The van der Waals surface area contributed by atoms with Gasteiger partial charge in [-0.1, -0.05) is 52.8 Å². The van der Waals surface area contributed by atoms with E-state index < -0.39 is 0 Å². The average Bonchev–Trinajstić information content (AvgIpc) is 2.14. The van der Waals surface area contributed by atoms with E-state index in [9.17, 15) is 4.79 Å². The molecule has 0 aliphatic carbocycles. The highest BCUT2D eigenvalue weighted by Gasteiger charge is 2.27. The Morgan fingerprint density at radius 2 is 1.75 bits per heavy atom. The summed E-state index contributed by atoms with van der Waals surface area (Å²) in [5.41, 5.74) is 2.41. The molecule has 0 atom stereocenters. The Labute approximate surface area is 98.9 Å². The maximum Gasteiger partial charge on any atom is 0.150 e. The zero-order valence-electron chi connectivity index (χ0n) is 11.0. The van der Waals surface area contributed by atoms with E-state index >= 15 is 0 Å². The van der Waals surface area contributed by atoms with Crippen LogP contribution in [-0.2, 0) is 5.41 Å². The zero-order chi connectivity index (χ0) is 12.4. The molecule has 0 aliphatic rings. The summed E-state index contributed by atoms with van der Waals surface area (Å²) in [4.78, 5) is 10.8. The van der Waals surface area contributed by atoms with Gasteiger partial charge in [-0.05, 0) is 28.9 Å². The van der Waals surface area contributed by atoms with Crippen LogP contribution >= 0.6 is 0 Å². The molecule has 0 spiro atoms. The highest BCUT2D eigenvalue weighted by Crippen LogP contribution is 2.36. The summed E-state index contributed by atoms with van der Waals surface area (Å²) >= 11 is 0. The average molecular weight is 218 g/mol. The minimum atomic E-state index is 0.108. The summed E-state index contributed by atoms with van der Waals surface area (Å²) in [5, 5.41) is 0. The summed E-state index contributed by atoms with van der Waals surface area (Å²) in [6, 6.07) is 7.92. The Morgan fingerprint density at radius 3 is 2.25 bits per heavy atom. The molecule has 0 unspecified atom stereocenters. The number of benzene rings is 1. The van der Waals surface area contributed by atoms with Crippen molar-refractivity contribution in [3.8, 4) is 0 Å². The van der Waals surface area contributed by atoms with E-state index in [1.807, 2.05) is 18.2 Å². The molecule has 1 aromatic carbocycles. The SMILES string of the molecule is CC(C)(C)CC(C)(C)c1cccc(C=O)c1. The number of hydrogen-bond acceptors (Lipinski definition) is 1. The Morgan fingerprint density at radius 1 is 1.12 bits per heavy atom. The van der Waals surface area contributed by atoms with E-state index in [-0.39, 0.29) is 5.41 Å².